The molecule has 0 radical (unpaired) electrons. The Labute approximate surface area is 124 Å². The van der Waals surface area contributed by atoms with Crippen molar-refractivity contribution < 1.29 is 0 Å². The number of piperidine rings is 1. The molecule has 21 heavy (non-hydrogen) atoms. The van der Waals surface area contributed by atoms with Crippen molar-refractivity contribution in [3.05, 3.63) is 29.6 Å². The van der Waals surface area contributed by atoms with Crippen molar-refractivity contribution in [3.63, 3.8) is 0 Å². The molecule has 6 nitrogen and oxygen atoms in total. The molecule has 2 fully saturated rings. The van der Waals surface area contributed by atoms with E-state index in [1.165, 1.54) is 37.2 Å². The Morgan fingerprint density at radius 1 is 1.24 bits per heavy atom. The van der Waals surface area contributed by atoms with Crippen molar-refractivity contribution in [2.45, 2.75) is 44.1 Å². The number of hydrogen-bond donors (Lipinski definition) is 1. The Balaban J connectivity index is 1.44. The van der Waals surface area contributed by atoms with Crippen LogP contribution in [-0.2, 0) is 13.6 Å². The summed E-state index contributed by atoms with van der Waals surface area (Å²) in [6.07, 6.45) is 6.87. The van der Waals surface area contributed by atoms with Crippen molar-refractivity contribution in [1.82, 2.24) is 29.9 Å². The average molecular weight is 286 g/mol. The maximum Gasteiger partial charge on any atom is 0.146 e. The first kappa shape index (κ1) is 13.0. The molecule has 1 saturated heterocycles. The van der Waals surface area contributed by atoms with Crippen LogP contribution in [0.4, 0.5) is 0 Å². The second-order valence-corrected chi connectivity index (χ2v) is 6.39. The van der Waals surface area contributed by atoms with Crippen LogP contribution in [0, 0.1) is 0 Å². The van der Waals surface area contributed by atoms with Gasteiger partial charge >= 0.3 is 0 Å². The molecule has 2 aromatic rings. The van der Waals surface area contributed by atoms with Gasteiger partial charge in [0.15, 0.2) is 0 Å². The predicted octanol–water partition coefficient (Wildman–Crippen LogP) is 1.80. The van der Waals surface area contributed by atoms with Crippen LogP contribution in [0.5, 0.6) is 0 Å². The third kappa shape index (κ3) is 2.60. The van der Waals surface area contributed by atoms with Crippen molar-refractivity contribution in [1.29, 1.82) is 0 Å². The summed E-state index contributed by atoms with van der Waals surface area (Å²) in [6, 6.07) is 2.10. The van der Waals surface area contributed by atoms with Crippen molar-refractivity contribution >= 4 is 0 Å². The highest BCUT2D eigenvalue weighted by Crippen LogP contribution is 2.38. The third-order valence-corrected chi connectivity index (χ3v) is 4.77. The number of likely N-dealkylation sites (tertiary alicyclic amines) is 1. The fraction of sp³-hybridized carbons (Fsp3) is 0.667. The normalized spacial score (nSPS) is 23.6. The summed E-state index contributed by atoms with van der Waals surface area (Å²) >= 11 is 0. The fourth-order valence-corrected chi connectivity index (χ4v) is 3.36. The Kier molecular flexibility index (Phi) is 3.25. The molecule has 4 rings (SSSR count). The van der Waals surface area contributed by atoms with Crippen LogP contribution in [-0.4, -0.2) is 43.0 Å². The van der Waals surface area contributed by atoms with Crippen LogP contribution >= 0.6 is 0 Å². The van der Waals surface area contributed by atoms with Crippen LogP contribution < -0.4 is 0 Å². The first-order valence-corrected chi connectivity index (χ1v) is 7.91. The lowest BCUT2D eigenvalue weighted by Gasteiger charge is -2.31. The zero-order valence-corrected chi connectivity index (χ0v) is 12.5. The van der Waals surface area contributed by atoms with Gasteiger partial charge in [0.1, 0.15) is 11.6 Å². The molecule has 0 aromatic carbocycles. The van der Waals surface area contributed by atoms with Crippen molar-refractivity contribution in [3.8, 4) is 0 Å². The summed E-state index contributed by atoms with van der Waals surface area (Å²) in [6.45, 7) is 3.13. The molecule has 0 spiro atoms. The second-order valence-electron chi connectivity index (χ2n) is 6.39. The third-order valence-electron chi connectivity index (χ3n) is 4.77. The Bertz CT molecular complexity index is 598. The topological polar surface area (TPSA) is 62.6 Å². The fourth-order valence-electron chi connectivity index (χ4n) is 3.36. The van der Waals surface area contributed by atoms with Crippen LogP contribution in [0.1, 0.15) is 54.9 Å². The first-order valence-electron chi connectivity index (χ1n) is 7.91. The lowest BCUT2D eigenvalue weighted by molar-refractivity contribution is 0.192. The van der Waals surface area contributed by atoms with E-state index < -0.39 is 0 Å². The molecule has 0 unspecified atom stereocenters. The quantitative estimate of drug-likeness (QED) is 0.931. The van der Waals surface area contributed by atoms with Crippen LogP contribution in [0.15, 0.2) is 12.3 Å². The van der Waals surface area contributed by atoms with Gasteiger partial charge in [-0.25, -0.2) is 0 Å². The highest BCUT2D eigenvalue weighted by Gasteiger charge is 2.30. The number of nitrogens with one attached hydrogen (secondary N) is 1. The molecule has 1 saturated carbocycles. The minimum atomic E-state index is 0.567. The number of aromatic nitrogens is 5. The molecule has 112 valence electrons. The molecule has 3 heterocycles. The Morgan fingerprint density at radius 3 is 2.90 bits per heavy atom. The van der Waals surface area contributed by atoms with Gasteiger partial charge in [-0.2, -0.15) is 5.10 Å². The number of hydrogen-bond acceptors (Lipinski definition) is 4. The standard InChI is InChI=1S/C15H22N6/c1-20-14(18-19-15(20)11-4-5-11)10-21-8-2-3-12(9-21)13-6-7-16-17-13/h6-7,11-12H,2-5,8-10H2,1H3,(H,16,17)/t12-/m1/s1. The maximum atomic E-state index is 4.41. The number of rotatable bonds is 4. The maximum absolute atomic E-state index is 4.41. The lowest BCUT2D eigenvalue weighted by atomic mass is 9.95. The van der Waals surface area contributed by atoms with Gasteiger partial charge in [0, 0.05) is 37.3 Å². The van der Waals surface area contributed by atoms with E-state index in [2.05, 4.69) is 43.0 Å². The number of aromatic amines is 1. The molecular formula is C15H22N6. The molecule has 2 aromatic heterocycles. The SMILES string of the molecule is Cn1c(CN2CCC[C@@H](c3ccn[nH]3)C2)nnc1C1CC1. The van der Waals surface area contributed by atoms with Crippen molar-refractivity contribution in [2.75, 3.05) is 13.1 Å². The van der Waals surface area contributed by atoms with Gasteiger partial charge in [0.2, 0.25) is 0 Å². The van der Waals surface area contributed by atoms with Crippen LogP contribution in [0.25, 0.3) is 0 Å². The highest BCUT2D eigenvalue weighted by molar-refractivity contribution is 5.09. The molecule has 2 aliphatic rings. The van der Waals surface area contributed by atoms with Gasteiger partial charge in [0.25, 0.3) is 0 Å². The van der Waals surface area contributed by atoms with Gasteiger partial charge < -0.3 is 4.57 Å². The summed E-state index contributed by atoms with van der Waals surface area (Å²) in [7, 11) is 2.11. The highest BCUT2D eigenvalue weighted by atomic mass is 15.3. The van der Waals surface area contributed by atoms with E-state index in [0.717, 1.165) is 25.5 Å². The van der Waals surface area contributed by atoms with E-state index >= 15 is 0 Å². The van der Waals surface area contributed by atoms with E-state index in [0.29, 0.717) is 11.8 Å². The predicted molar refractivity (Wildman–Crippen MR) is 78.8 cm³/mol. The van der Waals surface area contributed by atoms with Crippen molar-refractivity contribution in [2.24, 2.45) is 7.05 Å². The Morgan fingerprint density at radius 2 is 2.14 bits per heavy atom. The summed E-state index contributed by atoms with van der Waals surface area (Å²) in [4.78, 5) is 2.50. The Hall–Kier alpha value is -1.69. The molecule has 0 amide bonds. The summed E-state index contributed by atoms with van der Waals surface area (Å²) in [5.41, 5.74) is 1.26. The monoisotopic (exact) mass is 286 g/mol. The molecular weight excluding hydrogens is 264 g/mol. The molecule has 0 bridgehead atoms. The average Bonchev–Trinajstić information content (AvgIpc) is 3.07. The largest absolute Gasteiger partial charge is 0.317 e. The number of nitrogens with zero attached hydrogens (tertiary/aromatic N) is 5. The minimum absolute atomic E-state index is 0.567. The summed E-state index contributed by atoms with van der Waals surface area (Å²) < 4.78 is 2.21. The van der Waals surface area contributed by atoms with E-state index in [-0.39, 0.29) is 0 Å². The summed E-state index contributed by atoms with van der Waals surface area (Å²) in [5.74, 6) is 3.50. The zero-order chi connectivity index (χ0) is 14.2. The van der Waals surface area contributed by atoms with E-state index in [4.69, 9.17) is 0 Å². The lowest BCUT2D eigenvalue weighted by Crippen LogP contribution is -2.34. The van der Waals surface area contributed by atoms with E-state index in [1.54, 1.807) is 0 Å². The smallest absolute Gasteiger partial charge is 0.146 e. The molecule has 1 aliphatic heterocycles. The minimum Gasteiger partial charge on any atom is -0.317 e. The van der Waals surface area contributed by atoms with Gasteiger partial charge in [-0.15, -0.1) is 10.2 Å². The van der Waals surface area contributed by atoms with Crippen LogP contribution in [0.3, 0.4) is 0 Å². The second kappa shape index (κ2) is 5.26. The van der Waals surface area contributed by atoms with Gasteiger partial charge in [-0.1, -0.05) is 0 Å². The van der Waals surface area contributed by atoms with E-state index in [1.807, 2.05) is 6.20 Å². The number of H-pyrrole nitrogens is 1. The van der Waals surface area contributed by atoms with Gasteiger partial charge in [0.05, 0.1) is 6.54 Å². The first-order chi connectivity index (χ1) is 10.3. The van der Waals surface area contributed by atoms with Gasteiger partial charge in [-0.3, -0.25) is 10.00 Å². The summed E-state index contributed by atoms with van der Waals surface area (Å²) in [5, 5.41) is 16.0. The van der Waals surface area contributed by atoms with Crippen LogP contribution in [0.2, 0.25) is 0 Å². The van der Waals surface area contributed by atoms with E-state index in [9.17, 15) is 0 Å². The molecule has 6 heteroatoms. The molecule has 1 atom stereocenters. The molecule has 1 N–H and O–H groups in total. The zero-order valence-electron chi connectivity index (χ0n) is 12.5. The molecule has 1 aliphatic carbocycles. The van der Waals surface area contributed by atoms with Gasteiger partial charge in [-0.05, 0) is 38.3 Å².